The van der Waals surface area contributed by atoms with Crippen molar-refractivity contribution in [2.45, 2.75) is 26.4 Å². The Bertz CT molecular complexity index is 231. The lowest BCUT2D eigenvalue weighted by Crippen LogP contribution is -2.24. The van der Waals surface area contributed by atoms with Crippen molar-refractivity contribution < 1.29 is 0 Å². The second-order valence-electron chi connectivity index (χ2n) is 2.87. The highest BCUT2D eigenvalue weighted by atomic mass is 15.3. The summed E-state index contributed by atoms with van der Waals surface area (Å²) >= 11 is 0. The fraction of sp³-hybridized carbons (Fsp3) is 0.625. The van der Waals surface area contributed by atoms with Gasteiger partial charge in [0.25, 0.3) is 0 Å². The van der Waals surface area contributed by atoms with Crippen molar-refractivity contribution >= 4 is 5.69 Å². The largest absolute Gasteiger partial charge is 0.379 e. The summed E-state index contributed by atoms with van der Waals surface area (Å²) in [7, 11) is 0. The first-order chi connectivity index (χ1) is 5.76. The average Bonchev–Trinajstić information content (AvgIpc) is 2.52. The van der Waals surface area contributed by atoms with Gasteiger partial charge in [-0.1, -0.05) is 0 Å². The number of aromatic nitrogens is 2. The number of nitrogens with one attached hydrogen (secondary N) is 1. The van der Waals surface area contributed by atoms with Crippen LogP contribution < -0.4 is 11.1 Å². The minimum absolute atomic E-state index is 0.305. The van der Waals surface area contributed by atoms with E-state index in [1.807, 2.05) is 24.0 Å². The first-order valence-corrected chi connectivity index (χ1v) is 4.25. The molecule has 0 spiro atoms. The van der Waals surface area contributed by atoms with Crippen LogP contribution in [0.3, 0.4) is 0 Å². The van der Waals surface area contributed by atoms with Crippen LogP contribution >= 0.6 is 0 Å². The van der Waals surface area contributed by atoms with Crippen molar-refractivity contribution in [3.63, 3.8) is 0 Å². The summed E-state index contributed by atoms with van der Waals surface area (Å²) in [5.41, 5.74) is 6.51. The third-order valence-corrected chi connectivity index (χ3v) is 1.72. The normalized spacial score (nSPS) is 12.9. The molecule has 1 aromatic heterocycles. The summed E-state index contributed by atoms with van der Waals surface area (Å²) < 4.78 is 1.88. The SMILES string of the molecule is CCn1cc(NC(C)CN)cn1. The molecule has 0 aliphatic carbocycles. The Morgan fingerprint density at radius 2 is 2.50 bits per heavy atom. The van der Waals surface area contributed by atoms with E-state index in [2.05, 4.69) is 17.3 Å². The number of rotatable bonds is 4. The highest BCUT2D eigenvalue weighted by Crippen LogP contribution is 2.05. The Hall–Kier alpha value is -1.03. The first-order valence-electron chi connectivity index (χ1n) is 4.25. The van der Waals surface area contributed by atoms with Crippen molar-refractivity contribution in [1.82, 2.24) is 9.78 Å². The second-order valence-corrected chi connectivity index (χ2v) is 2.87. The molecule has 0 saturated heterocycles. The van der Waals surface area contributed by atoms with Crippen molar-refractivity contribution in [2.75, 3.05) is 11.9 Å². The highest BCUT2D eigenvalue weighted by molar-refractivity contribution is 5.39. The fourth-order valence-electron chi connectivity index (χ4n) is 0.954. The Morgan fingerprint density at radius 1 is 1.75 bits per heavy atom. The van der Waals surface area contributed by atoms with Gasteiger partial charge in [-0.3, -0.25) is 4.68 Å². The molecule has 0 radical (unpaired) electrons. The van der Waals surface area contributed by atoms with Gasteiger partial charge in [0.1, 0.15) is 0 Å². The van der Waals surface area contributed by atoms with Crippen molar-refractivity contribution in [3.05, 3.63) is 12.4 Å². The summed E-state index contributed by atoms with van der Waals surface area (Å²) in [6.45, 7) is 5.64. The number of hydrogen-bond acceptors (Lipinski definition) is 3. The number of aryl methyl sites for hydroxylation is 1. The molecular formula is C8H16N4. The van der Waals surface area contributed by atoms with Crippen LogP contribution in [0.2, 0.25) is 0 Å². The van der Waals surface area contributed by atoms with Crippen LogP contribution in [-0.2, 0) is 6.54 Å². The molecule has 1 atom stereocenters. The lowest BCUT2D eigenvalue weighted by molar-refractivity contribution is 0.660. The van der Waals surface area contributed by atoms with E-state index in [1.54, 1.807) is 0 Å². The van der Waals surface area contributed by atoms with E-state index in [0.29, 0.717) is 12.6 Å². The van der Waals surface area contributed by atoms with Gasteiger partial charge in [-0.2, -0.15) is 5.10 Å². The Kier molecular flexibility index (Phi) is 3.10. The Balaban J connectivity index is 2.52. The van der Waals surface area contributed by atoms with E-state index in [4.69, 9.17) is 5.73 Å². The van der Waals surface area contributed by atoms with E-state index in [-0.39, 0.29) is 0 Å². The monoisotopic (exact) mass is 168 g/mol. The summed E-state index contributed by atoms with van der Waals surface area (Å²) in [4.78, 5) is 0. The van der Waals surface area contributed by atoms with Gasteiger partial charge in [-0.05, 0) is 13.8 Å². The Morgan fingerprint density at radius 3 is 3.00 bits per heavy atom. The van der Waals surface area contributed by atoms with E-state index < -0.39 is 0 Å². The highest BCUT2D eigenvalue weighted by Gasteiger charge is 2.00. The smallest absolute Gasteiger partial charge is 0.0728 e. The molecule has 0 amide bonds. The molecule has 1 unspecified atom stereocenters. The van der Waals surface area contributed by atoms with Crippen LogP contribution in [0.25, 0.3) is 0 Å². The summed E-state index contributed by atoms with van der Waals surface area (Å²) in [5.74, 6) is 0. The van der Waals surface area contributed by atoms with Gasteiger partial charge in [0.15, 0.2) is 0 Å². The molecule has 4 nitrogen and oxygen atoms in total. The van der Waals surface area contributed by atoms with Gasteiger partial charge in [0.2, 0.25) is 0 Å². The molecule has 12 heavy (non-hydrogen) atoms. The van der Waals surface area contributed by atoms with Gasteiger partial charge >= 0.3 is 0 Å². The lowest BCUT2D eigenvalue weighted by Gasteiger charge is -2.09. The van der Waals surface area contributed by atoms with Gasteiger partial charge in [-0.25, -0.2) is 0 Å². The Labute approximate surface area is 72.8 Å². The molecule has 1 aromatic rings. The standard InChI is InChI=1S/C8H16N4/c1-3-12-6-8(5-10-12)11-7(2)4-9/h5-7,11H,3-4,9H2,1-2H3. The topological polar surface area (TPSA) is 55.9 Å². The summed E-state index contributed by atoms with van der Waals surface area (Å²) in [5, 5.41) is 7.37. The zero-order valence-electron chi connectivity index (χ0n) is 7.62. The molecule has 0 aliphatic heterocycles. The molecule has 1 heterocycles. The molecule has 1 rings (SSSR count). The predicted molar refractivity (Wildman–Crippen MR) is 50.0 cm³/mol. The van der Waals surface area contributed by atoms with Crippen LogP contribution in [-0.4, -0.2) is 22.4 Å². The maximum atomic E-state index is 5.47. The molecular weight excluding hydrogens is 152 g/mol. The van der Waals surface area contributed by atoms with Crippen LogP contribution in [0.1, 0.15) is 13.8 Å². The zero-order valence-corrected chi connectivity index (χ0v) is 7.62. The number of nitrogens with two attached hydrogens (primary N) is 1. The number of hydrogen-bond donors (Lipinski definition) is 2. The third kappa shape index (κ3) is 2.23. The van der Waals surface area contributed by atoms with Gasteiger partial charge in [0, 0.05) is 25.3 Å². The van der Waals surface area contributed by atoms with Crippen LogP contribution in [0.15, 0.2) is 12.4 Å². The second kappa shape index (κ2) is 4.11. The minimum Gasteiger partial charge on any atom is -0.379 e. The van der Waals surface area contributed by atoms with Crippen molar-refractivity contribution in [1.29, 1.82) is 0 Å². The predicted octanol–water partition coefficient (Wildman–Crippen LogP) is 0.662. The van der Waals surface area contributed by atoms with E-state index in [9.17, 15) is 0 Å². The molecule has 0 saturated carbocycles. The molecule has 68 valence electrons. The average molecular weight is 168 g/mol. The molecule has 0 bridgehead atoms. The maximum Gasteiger partial charge on any atom is 0.0728 e. The van der Waals surface area contributed by atoms with Gasteiger partial charge < -0.3 is 11.1 Å². The molecule has 0 fully saturated rings. The third-order valence-electron chi connectivity index (χ3n) is 1.72. The van der Waals surface area contributed by atoms with Crippen LogP contribution in [0, 0.1) is 0 Å². The molecule has 4 heteroatoms. The first kappa shape index (κ1) is 9.06. The molecule has 3 N–H and O–H groups in total. The number of nitrogens with zero attached hydrogens (tertiary/aromatic N) is 2. The van der Waals surface area contributed by atoms with E-state index >= 15 is 0 Å². The minimum atomic E-state index is 0.305. The lowest BCUT2D eigenvalue weighted by atomic mass is 10.3. The fourth-order valence-corrected chi connectivity index (χ4v) is 0.954. The van der Waals surface area contributed by atoms with E-state index in [1.165, 1.54) is 0 Å². The van der Waals surface area contributed by atoms with Crippen molar-refractivity contribution in [3.8, 4) is 0 Å². The maximum absolute atomic E-state index is 5.47. The van der Waals surface area contributed by atoms with Gasteiger partial charge in [-0.15, -0.1) is 0 Å². The quantitative estimate of drug-likeness (QED) is 0.694. The van der Waals surface area contributed by atoms with Gasteiger partial charge in [0.05, 0.1) is 11.9 Å². The van der Waals surface area contributed by atoms with Crippen LogP contribution in [0.4, 0.5) is 5.69 Å². The molecule has 0 aromatic carbocycles. The molecule has 0 aliphatic rings. The van der Waals surface area contributed by atoms with Crippen molar-refractivity contribution in [2.24, 2.45) is 5.73 Å². The number of anilines is 1. The summed E-state index contributed by atoms with van der Waals surface area (Å²) in [6.07, 6.45) is 3.79. The van der Waals surface area contributed by atoms with E-state index in [0.717, 1.165) is 12.2 Å². The van der Waals surface area contributed by atoms with Crippen LogP contribution in [0.5, 0.6) is 0 Å². The zero-order chi connectivity index (χ0) is 8.97. The summed E-state index contributed by atoms with van der Waals surface area (Å²) in [6, 6.07) is 0.305.